The van der Waals surface area contributed by atoms with Crippen molar-refractivity contribution in [3.05, 3.63) is 10.6 Å². The van der Waals surface area contributed by atoms with E-state index in [1.807, 2.05) is 16.3 Å². The van der Waals surface area contributed by atoms with Crippen molar-refractivity contribution in [2.75, 3.05) is 24.6 Å². The number of piperidine rings is 1. The lowest BCUT2D eigenvalue weighted by Crippen LogP contribution is -2.32. The number of hydrogen-bond donors (Lipinski definition) is 0. The lowest BCUT2D eigenvalue weighted by atomic mass is 10.1. The maximum absolute atomic E-state index is 11.6. The number of nitrogens with zero attached hydrogens (tertiary/aromatic N) is 4. The molecule has 0 unspecified atom stereocenters. The van der Waals surface area contributed by atoms with Gasteiger partial charge in [-0.3, -0.25) is 4.90 Å². The molecule has 0 amide bonds. The molecule has 8 heteroatoms. The highest BCUT2D eigenvalue weighted by atomic mass is 32.2. The Hall–Kier alpha value is -0.730. The highest BCUT2D eigenvalue weighted by molar-refractivity contribution is 7.91. The summed E-state index contributed by atoms with van der Waals surface area (Å²) in [6.45, 7) is 2.96. The van der Waals surface area contributed by atoms with Crippen LogP contribution in [-0.2, 0) is 30.0 Å². The van der Waals surface area contributed by atoms with Crippen LogP contribution in [0.3, 0.4) is 0 Å². The van der Waals surface area contributed by atoms with E-state index in [1.54, 1.807) is 0 Å². The number of sulfone groups is 1. The predicted octanol–water partition coefficient (Wildman–Crippen LogP) is 1.37. The standard InChI is InChI=1S/C14H24N4O2S2/c1-16-13(9-12-5-8-22(19,20)10-12)15-18(14(16)21)11-17-6-3-2-4-7-17/h12H,2-11H2,1H3/t12-/m1/s1. The summed E-state index contributed by atoms with van der Waals surface area (Å²) in [7, 11) is -0.901. The fourth-order valence-corrected chi connectivity index (χ4v) is 5.45. The van der Waals surface area contributed by atoms with Gasteiger partial charge in [0.2, 0.25) is 0 Å². The van der Waals surface area contributed by atoms with E-state index in [4.69, 9.17) is 12.2 Å². The van der Waals surface area contributed by atoms with Crippen LogP contribution in [0.5, 0.6) is 0 Å². The van der Waals surface area contributed by atoms with Crippen molar-refractivity contribution in [3.63, 3.8) is 0 Å². The highest BCUT2D eigenvalue weighted by Gasteiger charge is 2.29. The maximum Gasteiger partial charge on any atom is 0.198 e. The smallest absolute Gasteiger partial charge is 0.198 e. The molecule has 0 aliphatic carbocycles. The molecule has 1 atom stereocenters. The Bertz CT molecular complexity index is 686. The molecule has 22 heavy (non-hydrogen) atoms. The quantitative estimate of drug-likeness (QED) is 0.772. The second-order valence-electron chi connectivity index (χ2n) is 6.55. The van der Waals surface area contributed by atoms with Crippen molar-refractivity contribution in [3.8, 4) is 0 Å². The van der Waals surface area contributed by atoms with Gasteiger partial charge in [0.25, 0.3) is 0 Å². The highest BCUT2D eigenvalue weighted by Crippen LogP contribution is 2.22. The van der Waals surface area contributed by atoms with Gasteiger partial charge in [-0.25, -0.2) is 13.1 Å². The largest absolute Gasteiger partial charge is 0.307 e. The van der Waals surface area contributed by atoms with Crippen LogP contribution in [0.1, 0.15) is 31.5 Å². The molecule has 1 aromatic heterocycles. The van der Waals surface area contributed by atoms with Gasteiger partial charge in [0.1, 0.15) is 5.82 Å². The summed E-state index contributed by atoms with van der Waals surface area (Å²) in [5.74, 6) is 1.70. The van der Waals surface area contributed by atoms with Crippen molar-refractivity contribution >= 4 is 22.1 Å². The molecule has 2 fully saturated rings. The third kappa shape index (κ3) is 3.60. The summed E-state index contributed by atoms with van der Waals surface area (Å²) >= 11 is 5.49. The molecule has 2 aliphatic heterocycles. The van der Waals surface area contributed by atoms with Crippen molar-refractivity contribution in [1.29, 1.82) is 0 Å². The second-order valence-corrected chi connectivity index (χ2v) is 9.14. The number of likely N-dealkylation sites (tertiary alicyclic amines) is 1. The molecule has 1 aromatic rings. The first-order valence-corrected chi connectivity index (χ1v) is 10.2. The van der Waals surface area contributed by atoms with Crippen LogP contribution in [0.2, 0.25) is 0 Å². The molecule has 3 rings (SSSR count). The van der Waals surface area contributed by atoms with Crippen LogP contribution in [0.15, 0.2) is 0 Å². The van der Waals surface area contributed by atoms with Crippen LogP contribution in [0.25, 0.3) is 0 Å². The Morgan fingerprint density at radius 2 is 2.00 bits per heavy atom. The molecule has 0 radical (unpaired) electrons. The van der Waals surface area contributed by atoms with E-state index in [2.05, 4.69) is 10.00 Å². The lowest BCUT2D eigenvalue weighted by molar-refractivity contribution is 0.171. The van der Waals surface area contributed by atoms with Gasteiger partial charge in [0, 0.05) is 13.5 Å². The van der Waals surface area contributed by atoms with E-state index in [0.29, 0.717) is 17.9 Å². The predicted molar refractivity (Wildman–Crippen MR) is 87.9 cm³/mol. The average molecular weight is 345 g/mol. The molecule has 0 aromatic carbocycles. The van der Waals surface area contributed by atoms with Gasteiger partial charge in [-0.15, -0.1) is 0 Å². The Kier molecular flexibility index (Phi) is 4.70. The van der Waals surface area contributed by atoms with Gasteiger partial charge in [0.15, 0.2) is 14.6 Å². The van der Waals surface area contributed by atoms with Gasteiger partial charge in [-0.2, -0.15) is 5.10 Å². The normalized spacial score (nSPS) is 25.6. The van der Waals surface area contributed by atoms with E-state index >= 15 is 0 Å². The Morgan fingerprint density at radius 3 is 2.64 bits per heavy atom. The zero-order valence-corrected chi connectivity index (χ0v) is 14.7. The molecule has 2 saturated heterocycles. The van der Waals surface area contributed by atoms with E-state index in [1.165, 1.54) is 19.3 Å². The van der Waals surface area contributed by atoms with Gasteiger partial charge >= 0.3 is 0 Å². The zero-order valence-electron chi connectivity index (χ0n) is 13.1. The fraction of sp³-hybridized carbons (Fsp3) is 0.857. The van der Waals surface area contributed by atoms with E-state index < -0.39 is 9.84 Å². The monoisotopic (exact) mass is 344 g/mol. The molecule has 0 bridgehead atoms. The third-order valence-electron chi connectivity index (χ3n) is 4.71. The first-order chi connectivity index (χ1) is 10.4. The van der Waals surface area contributed by atoms with Crippen LogP contribution in [0.4, 0.5) is 0 Å². The molecule has 6 nitrogen and oxygen atoms in total. The Balaban J connectivity index is 1.70. The van der Waals surface area contributed by atoms with Crippen molar-refractivity contribution < 1.29 is 8.42 Å². The van der Waals surface area contributed by atoms with E-state index in [-0.39, 0.29) is 5.92 Å². The average Bonchev–Trinajstić information content (AvgIpc) is 2.95. The van der Waals surface area contributed by atoms with Crippen LogP contribution < -0.4 is 0 Å². The summed E-state index contributed by atoms with van der Waals surface area (Å²) in [4.78, 5) is 2.39. The van der Waals surface area contributed by atoms with Gasteiger partial charge < -0.3 is 4.57 Å². The number of aromatic nitrogens is 3. The molecule has 0 N–H and O–H groups in total. The second kappa shape index (κ2) is 6.41. The number of hydrogen-bond acceptors (Lipinski definition) is 5. The topological polar surface area (TPSA) is 60.1 Å². The Labute approximate surface area is 137 Å². The summed E-state index contributed by atoms with van der Waals surface area (Å²) in [5.41, 5.74) is 0. The first-order valence-electron chi connectivity index (χ1n) is 8.00. The molecular weight excluding hydrogens is 320 g/mol. The molecule has 2 aliphatic rings. The number of rotatable bonds is 4. The minimum atomic E-state index is -2.83. The minimum Gasteiger partial charge on any atom is -0.307 e. The third-order valence-corrected chi connectivity index (χ3v) is 7.03. The van der Waals surface area contributed by atoms with Gasteiger partial charge in [-0.05, 0) is 50.5 Å². The van der Waals surface area contributed by atoms with E-state index in [0.717, 1.165) is 36.8 Å². The van der Waals surface area contributed by atoms with Crippen LogP contribution in [-0.4, -0.2) is 52.3 Å². The first kappa shape index (κ1) is 16.1. The molecule has 0 spiro atoms. The lowest BCUT2D eigenvalue weighted by Gasteiger charge is -2.25. The van der Waals surface area contributed by atoms with Gasteiger partial charge in [-0.1, -0.05) is 6.42 Å². The molecule has 3 heterocycles. The SMILES string of the molecule is Cn1c(C[C@H]2CCS(=O)(=O)C2)nn(CN2CCCCC2)c1=S. The summed E-state index contributed by atoms with van der Waals surface area (Å²) in [6, 6.07) is 0. The summed E-state index contributed by atoms with van der Waals surface area (Å²) in [5, 5.41) is 4.65. The van der Waals surface area contributed by atoms with Crippen LogP contribution >= 0.6 is 12.2 Å². The van der Waals surface area contributed by atoms with Crippen molar-refractivity contribution in [2.24, 2.45) is 13.0 Å². The fourth-order valence-electron chi connectivity index (χ4n) is 3.38. The van der Waals surface area contributed by atoms with Crippen molar-refractivity contribution in [1.82, 2.24) is 19.2 Å². The zero-order chi connectivity index (χ0) is 15.7. The Morgan fingerprint density at radius 1 is 1.27 bits per heavy atom. The summed E-state index contributed by atoms with van der Waals surface area (Å²) < 4.78 is 27.7. The van der Waals surface area contributed by atoms with Crippen LogP contribution in [0, 0.1) is 10.7 Å². The van der Waals surface area contributed by atoms with E-state index in [9.17, 15) is 8.42 Å². The minimum absolute atomic E-state index is 0.184. The van der Waals surface area contributed by atoms with Crippen molar-refractivity contribution in [2.45, 2.75) is 38.8 Å². The summed E-state index contributed by atoms with van der Waals surface area (Å²) in [6.07, 6.45) is 5.24. The van der Waals surface area contributed by atoms with Gasteiger partial charge in [0.05, 0.1) is 18.2 Å². The maximum atomic E-state index is 11.6. The molecule has 0 saturated carbocycles. The molecular formula is C14H24N4O2S2. The molecule has 124 valence electrons.